The van der Waals surface area contributed by atoms with Gasteiger partial charge in [0.25, 0.3) is 0 Å². The predicted octanol–water partition coefficient (Wildman–Crippen LogP) is 4.05. The zero-order valence-electron chi connectivity index (χ0n) is 11.3. The van der Waals surface area contributed by atoms with Crippen LogP contribution in [0.4, 0.5) is 11.4 Å². The Morgan fingerprint density at radius 3 is 2.15 bits per heavy atom. The quantitative estimate of drug-likeness (QED) is 0.797. The average Bonchev–Trinajstić information content (AvgIpc) is 2.46. The van der Waals surface area contributed by atoms with Crippen LogP contribution < -0.4 is 4.90 Å². The highest BCUT2D eigenvalue weighted by Crippen LogP contribution is 2.19. The summed E-state index contributed by atoms with van der Waals surface area (Å²) in [5, 5.41) is 9.87. The highest BCUT2D eigenvalue weighted by molar-refractivity contribution is 6.30. The summed E-state index contributed by atoms with van der Waals surface area (Å²) in [7, 11) is 3.96. The van der Waals surface area contributed by atoms with Gasteiger partial charge in [-0.1, -0.05) is 23.7 Å². The van der Waals surface area contributed by atoms with Gasteiger partial charge in [-0.15, -0.1) is 0 Å². The van der Waals surface area contributed by atoms with E-state index in [0.29, 0.717) is 10.7 Å². The number of nitrogens with zero attached hydrogens (tertiary/aromatic N) is 3. The molecule has 0 spiro atoms. The lowest BCUT2D eigenvalue weighted by atomic mass is 10.1. The number of benzene rings is 2. The number of halogens is 1. The largest absolute Gasteiger partial charge is 0.378 e. The summed E-state index contributed by atoms with van der Waals surface area (Å²) >= 11 is 5.84. The minimum atomic E-state index is 0.374. The third-order valence-electron chi connectivity index (χ3n) is 2.83. The van der Waals surface area contributed by atoms with Gasteiger partial charge in [0, 0.05) is 30.4 Å². The van der Waals surface area contributed by atoms with Gasteiger partial charge >= 0.3 is 0 Å². The van der Waals surface area contributed by atoms with E-state index >= 15 is 0 Å². The number of nitriles is 1. The van der Waals surface area contributed by atoms with Crippen molar-refractivity contribution in [3.8, 4) is 6.07 Å². The number of hydrogen-bond acceptors (Lipinski definition) is 3. The molecule has 0 fully saturated rings. The molecule has 0 atom stereocenters. The second-order valence-electron chi connectivity index (χ2n) is 4.49. The Balaban J connectivity index is 2.31. The number of rotatable bonds is 3. The summed E-state index contributed by atoms with van der Waals surface area (Å²) in [5.41, 5.74) is 2.98. The molecule has 20 heavy (non-hydrogen) atoms. The van der Waals surface area contributed by atoms with Gasteiger partial charge in [-0.2, -0.15) is 5.26 Å². The second-order valence-corrected chi connectivity index (χ2v) is 4.93. The van der Waals surface area contributed by atoms with Gasteiger partial charge in [-0.25, -0.2) is 4.99 Å². The smallest absolute Gasteiger partial charge is 0.148 e. The summed E-state index contributed by atoms with van der Waals surface area (Å²) in [4.78, 5) is 6.38. The lowest BCUT2D eigenvalue weighted by Gasteiger charge is -2.11. The third kappa shape index (κ3) is 3.37. The Morgan fingerprint density at radius 1 is 1.05 bits per heavy atom. The number of anilines is 1. The van der Waals surface area contributed by atoms with Crippen LogP contribution in [0.25, 0.3) is 0 Å². The minimum Gasteiger partial charge on any atom is -0.378 e. The first kappa shape index (κ1) is 14.1. The fourth-order valence-corrected chi connectivity index (χ4v) is 1.84. The minimum absolute atomic E-state index is 0.374. The van der Waals surface area contributed by atoms with Crippen LogP contribution in [-0.4, -0.2) is 19.8 Å². The van der Waals surface area contributed by atoms with Gasteiger partial charge in [0.15, 0.2) is 0 Å². The SMILES string of the molecule is CN(C)c1ccc(N=C(C#N)c2ccc(Cl)cc2)cc1. The molecule has 4 heteroatoms. The molecule has 0 aliphatic carbocycles. The Morgan fingerprint density at radius 2 is 1.65 bits per heavy atom. The van der Waals surface area contributed by atoms with Crippen molar-refractivity contribution in [2.24, 2.45) is 4.99 Å². The highest BCUT2D eigenvalue weighted by Gasteiger charge is 2.03. The Labute approximate surface area is 123 Å². The van der Waals surface area contributed by atoms with E-state index in [1.807, 2.05) is 43.3 Å². The van der Waals surface area contributed by atoms with Crippen molar-refractivity contribution >= 4 is 28.7 Å². The summed E-state index contributed by atoms with van der Waals surface area (Å²) in [6.07, 6.45) is 0. The molecule has 0 bridgehead atoms. The van der Waals surface area contributed by atoms with Crippen molar-refractivity contribution in [3.63, 3.8) is 0 Å². The molecule has 0 saturated carbocycles. The lowest BCUT2D eigenvalue weighted by molar-refractivity contribution is 1.13. The van der Waals surface area contributed by atoms with E-state index in [4.69, 9.17) is 11.6 Å². The fourth-order valence-electron chi connectivity index (χ4n) is 1.72. The maximum atomic E-state index is 9.23. The molecule has 0 N–H and O–H groups in total. The Hall–Kier alpha value is -2.31. The molecule has 100 valence electrons. The van der Waals surface area contributed by atoms with Gasteiger partial charge in [0.05, 0.1) is 5.69 Å². The molecule has 0 radical (unpaired) electrons. The second kappa shape index (κ2) is 6.23. The van der Waals surface area contributed by atoms with E-state index in [0.717, 1.165) is 16.9 Å². The van der Waals surface area contributed by atoms with Crippen LogP contribution in [-0.2, 0) is 0 Å². The van der Waals surface area contributed by atoms with E-state index in [1.165, 1.54) is 0 Å². The van der Waals surface area contributed by atoms with Gasteiger partial charge in [0.2, 0.25) is 0 Å². The molecule has 2 aromatic rings. The van der Waals surface area contributed by atoms with Crippen LogP contribution in [0, 0.1) is 11.3 Å². The van der Waals surface area contributed by atoms with Crippen molar-refractivity contribution < 1.29 is 0 Å². The molecule has 0 amide bonds. The van der Waals surface area contributed by atoms with E-state index in [2.05, 4.69) is 11.1 Å². The van der Waals surface area contributed by atoms with Gasteiger partial charge in [-0.05, 0) is 36.4 Å². The van der Waals surface area contributed by atoms with E-state index in [9.17, 15) is 5.26 Å². The molecule has 0 aliphatic heterocycles. The molecular weight excluding hydrogens is 270 g/mol. The highest BCUT2D eigenvalue weighted by atomic mass is 35.5. The topological polar surface area (TPSA) is 39.4 Å². The van der Waals surface area contributed by atoms with Crippen molar-refractivity contribution in [3.05, 3.63) is 59.1 Å². The number of aliphatic imine (C=N–C) groups is 1. The van der Waals surface area contributed by atoms with Crippen LogP contribution >= 0.6 is 11.6 Å². The molecule has 0 aliphatic rings. The maximum absolute atomic E-state index is 9.23. The lowest BCUT2D eigenvalue weighted by Crippen LogP contribution is -2.07. The van der Waals surface area contributed by atoms with Gasteiger partial charge in [0.1, 0.15) is 11.8 Å². The first-order chi connectivity index (χ1) is 9.60. The molecule has 3 nitrogen and oxygen atoms in total. The van der Waals surface area contributed by atoms with Crippen molar-refractivity contribution in [1.82, 2.24) is 0 Å². The normalized spacial score (nSPS) is 11.0. The summed E-state index contributed by atoms with van der Waals surface area (Å²) in [6.45, 7) is 0. The molecule has 2 aromatic carbocycles. The summed E-state index contributed by atoms with van der Waals surface area (Å²) in [6, 6.07) is 16.9. The van der Waals surface area contributed by atoms with Crippen LogP contribution in [0.1, 0.15) is 5.56 Å². The van der Waals surface area contributed by atoms with Crippen LogP contribution in [0.2, 0.25) is 5.02 Å². The molecule has 0 saturated heterocycles. The summed E-state index contributed by atoms with van der Waals surface area (Å²) in [5.74, 6) is 0. The van der Waals surface area contributed by atoms with Crippen LogP contribution in [0.15, 0.2) is 53.5 Å². The molecular formula is C16H14ClN3. The third-order valence-corrected chi connectivity index (χ3v) is 3.08. The average molecular weight is 284 g/mol. The Kier molecular flexibility index (Phi) is 4.39. The fraction of sp³-hybridized carbons (Fsp3) is 0.125. The standard InChI is InChI=1S/C16H14ClN3/c1-20(2)15-9-7-14(8-10-15)19-16(11-18)12-3-5-13(17)6-4-12/h3-10H,1-2H3. The predicted molar refractivity (Wildman–Crippen MR) is 84.0 cm³/mol. The Bertz CT molecular complexity index is 650. The van der Waals surface area contributed by atoms with Crippen LogP contribution in [0.3, 0.4) is 0 Å². The van der Waals surface area contributed by atoms with E-state index in [1.54, 1.807) is 24.3 Å². The zero-order chi connectivity index (χ0) is 14.5. The molecule has 0 heterocycles. The van der Waals surface area contributed by atoms with Crippen LogP contribution in [0.5, 0.6) is 0 Å². The first-order valence-corrected chi connectivity index (χ1v) is 6.50. The van der Waals surface area contributed by atoms with Crippen molar-refractivity contribution in [2.45, 2.75) is 0 Å². The summed E-state index contributed by atoms with van der Waals surface area (Å²) < 4.78 is 0. The van der Waals surface area contributed by atoms with Crippen molar-refractivity contribution in [1.29, 1.82) is 5.26 Å². The monoisotopic (exact) mass is 283 g/mol. The van der Waals surface area contributed by atoms with Gasteiger partial charge < -0.3 is 4.90 Å². The van der Waals surface area contributed by atoms with Gasteiger partial charge in [-0.3, -0.25) is 0 Å². The molecule has 0 aromatic heterocycles. The van der Waals surface area contributed by atoms with Crippen molar-refractivity contribution in [2.75, 3.05) is 19.0 Å². The van der Waals surface area contributed by atoms with E-state index in [-0.39, 0.29) is 0 Å². The van der Waals surface area contributed by atoms with E-state index < -0.39 is 0 Å². The maximum Gasteiger partial charge on any atom is 0.148 e. The molecule has 2 rings (SSSR count). The zero-order valence-corrected chi connectivity index (χ0v) is 12.1. The first-order valence-electron chi connectivity index (χ1n) is 6.12. The molecule has 0 unspecified atom stereocenters. The number of hydrogen-bond donors (Lipinski definition) is 0.